The Hall–Kier alpha value is -1.62. The van der Waals surface area contributed by atoms with Crippen LogP contribution in [0.1, 0.15) is 38.3 Å². The molecule has 3 rings (SSSR count). The van der Waals surface area contributed by atoms with E-state index in [0.717, 1.165) is 12.0 Å². The number of ether oxygens (including phenoxy) is 2. The summed E-state index contributed by atoms with van der Waals surface area (Å²) in [6, 6.07) is 3.36. The number of nitrogens with zero attached hydrogens (tertiary/aromatic N) is 1. The Bertz CT molecular complexity index is 593. The van der Waals surface area contributed by atoms with E-state index >= 15 is 0 Å². The summed E-state index contributed by atoms with van der Waals surface area (Å²) >= 11 is 6.13. The smallest absolute Gasteiger partial charge is 0.320 e. The lowest BCUT2D eigenvalue weighted by Gasteiger charge is -2.50. The van der Waals surface area contributed by atoms with E-state index in [1.807, 2.05) is 19.9 Å². The van der Waals surface area contributed by atoms with Crippen molar-refractivity contribution in [2.24, 2.45) is 0 Å². The maximum atomic E-state index is 12.3. The van der Waals surface area contributed by atoms with Gasteiger partial charge < -0.3 is 14.8 Å². The van der Waals surface area contributed by atoms with Crippen molar-refractivity contribution in [2.75, 3.05) is 13.7 Å². The third-order valence-corrected chi connectivity index (χ3v) is 4.33. The van der Waals surface area contributed by atoms with Crippen LogP contribution in [0.3, 0.4) is 0 Å². The Morgan fingerprint density at radius 1 is 1.57 bits per heavy atom. The molecule has 0 saturated carbocycles. The maximum absolute atomic E-state index is 12.3. The minimum absolute atomic E-state index is 0.0970. The second-order valence-corrected chi connectivity index (χ2v) is 6.10. The summed E-state index contributed by atoms with van der Waals surface area (Å²) in [5, 5.41) is 3.61. The van der Waals surface area contributed by atoms with Crippen LogP contribution in [0.4, 0.5) is 4.79 Å². The van der Waals surface area contributed by atoms with Crippen LogP contribution in [-0.4, -0.2) is 30.3 Å². The topological polar surface area (TPSA) is 50.8 Å². The van der Waals surface area contributed by atoms with Gasteiger partial charge in [-0.2, -0.15) is 0 Å². The van der Waals surface area contributed by atoms with Gasteiger partial charge in [-0.3, -0.25) is 4.90 Å². The zero-order chi connectivity index (χ0) is 15.2. The third kappa shape index (κ3) is 2.20. The predicted octanol–water partition coefficient (Wildman–Crippen LogP) is 3.32. The third-order valence-electron chi connectivity index (χ3n) is 4.11. The van der Waals surface area contributed by atoms with Crippen molar-refractivity contribution >= 4 is 17.6 Å². The molecule has 21 heavy (non-hydrogen) atoms. The monoisotopic (exact) mass is 310 g/mol. The first-order chi connectivity index (χ1) is 9.98. The molecule has 1 saturated heterocycles. The van der Waals surface area contributed by atoms with Crippen LogP contribution in [0.2, 0.25) is 5.02 Å². The Balaban J connectivity index is 2.09. The van der Waals surface area contributed by atoms with E-state index in [0.29, 0.717) is 29.5 Å². The highest BCUT2D eigenvalue weighted by atomic mass is 35.5. The van der Waals surface area contributed by atoms with Gasteiger partial charge in [-0.15, -0.1) is 0 Å². The van der Waals surface area contributed by atoms with Gasteiger partial charge in [0, 0.05) is 29.6 Å². The van der Waals surface area contributed by atoms with Crippen LogP contribution in [0.25, 0.3) is 0 Å². The zero-order valence-electron chi connectivity index (χ0n) is 12.4. The van der Waals surface area contributed by atoms with Crippen molar-refractivity contribution < 1.29 is 14.3 Å². The number of carbonyl (C=O) groups excluding carboxylic acids is 1. The Morgan fingerprint density at radius 3 is 3.00 bits per heavy atom. The zero-order valence-corrected chi connectivity index (χ0v) is 13.2. The molecule has 0 aromatic heterocycles. The lowest BCUT2D eigenvalue weighted by Crippen LogP contribution is -2.64. The van der Waals surface area contributed by atoms with E-state index in [9.17, 15) is 4.79 Å². The van der Waals surface area contributed by atoms with Gasteiger partial charge in [-0.05, 0) is 19.4 Å². The summed E-state index contributed by atoms with van der Waals surface area (Å²) in [7, 11) is 1.59. The molecule has 2 amide bonds. The number of halogens is 1. The molecular weight excluding hydrogens is 292 g/mol. The fraction of sp³-hybridized carbons (Fsp3) is 0.533. The largest absolute Gasteiger partial charge is 0.493 e. The highest BCUT2D eigenvalue weighted by Gasteiger charge is 2.49. The molecule has 0 aliphatic carbocycles. The van der Waals surface area contributed by atoms with Crippen LogP contribution < -0.4 is 14.8 Å². The molecule has 1 aromatic carbocycles. The number of fused-ring (bicyclic) bond motifs is 4. The van der Waals surface area contributed by atoms with Gasteiger partial charge in [-0.1, -0.05) is 18.5 Å². The summed E-state index contributed by atoms with van der Waals surface area (Å²) in [5.41, 5.74) is 0.221. The van der Waals surface area contributed by atoms with Crippen molar-refractivity contribution in [1.29, 1.82) is 0 Å². The quantitative estimate of drug-likeness (QED) is 0.931. The Labute approximate surface area is 129 Å². The molecule has 0 radical (unpaired) electrons. The van der Waals surface area contributed by atoms with Gasteiger partial charge in [0.15, 0.2) is 17.2 Å². The molecular formula is C15H19ClN2O3. The first-order valence-electron chi connectivity index (χ1n) is 7.13. The van der Waals surface area contributed by atoms with E-state index in [-0.39, 0.29) is 12.1 Å². The molecule has 1 fully saturated rings. The Kier molecular flexibility index (Phi) is 3.40. The second kappa shape index (κ2) is 4.98. The molecule has 2 unspecified atom stereocenters. The average Bonchev–Trinajstić information content (AvgIpc) is 2.43. The first-order valence-corrected chi connectivity index (χ1v) is 7.51. The minimum Gasteiger partial charge on any atom is -0.493 e. The van der Waals surface area contributed by atoms with Crippen molar-refractivity contribution in [3.8, 4) is 11.5 Å². The van der Waals surface area contributed by atoms with Crippen molar-refractivity contribution in [1.82, 2.24) is 10.2 Å². The molecule has 5 nitrogen and oxygen atoms in total. The van der Waals surface area contributed by atoms with Crippen LogP contribution in [0.5, 0.6) is 11.5 Å². The number of rotatable bonds is 3. The number of methoxy groups -OCH3 is 1. The number of nitrogens with one attached hydrogen (secondary N) is 1. The molecule has 2 bridgehead atoms. The van der Waals surface area contributed by atoms with Crippen LogP contribution in [0.15, 0.2) is 12.1 Å². The number of carbonyl (C=O) groups is 1. The number of hydrogen-bond acceptors (Lipinski definition) is 3. The Morgan fingerprint density at radius 2 is 2.33 bits per heavy atom. The highest BCUT2D eigenvalue weighted by molar-refractivity contribution is 6.30. The standard InChI is InChI=1S/C15H19ClN2O3/c1-4-5-18-14(19)17-11-8-15(18,2)21-13-10(11)6-9(16)7-12(13)20-3/h6-7,11H,4-5,8H2,1-3H3,(H,17,19). The summed E-state index contributed by atoms with van der Waals surface area (Å²) < 4.78 is 11.6. The lowest BCUT2D eigenvalue weighted by molar-refractivity contribution is -0.0849. The molecule has 1 aromatic rings. The SMILES string of the molecule is CCCN1C(=O)NC2CC1(C)Oc1c(OC)cc(Cl)cc12. The number of amides is 2. The molecule has 2 atom stereocenters. The summed E-state index contributed by atoms with van der Waals surface area (Å²) in [5.74, 6) is 1.27. The van der Waals surface area contributed by atoms with E-state index < -0.39 is 5.72 Å². The molecule has 2 aliphatic rings. The molecule has 1 N–H and O–H groups in total. The van der Waals surface area contributed by atoms with Gasteiger partial charge >= 0.3 is 6.03 Å². The second-order valence-electron chi connectivity index (χ2n) is 5.66. The first kappa shape index (κ1) is 14.3. The molecule has 6 heteroatoms. The molecule has 0 spiro atoms. The maximum Gasteiger partial charge on any atom is 0.320 e. The normalized spacial score (nSPS) is 26.8. The predicted molar refractivity (Wildman–Crippen MR) is 79.9 cm³/mol. The number of urea groups is 1. The van der Waals surface area contributed by atoms with Crippen molar-refractivity contribution in [3.05, 3.63) is 22.7 Å². The van der Waals surface area contributed by atoms with Gasteiger partial charge in [0.2, 0.25) is 0 Å². The van der Waals surface area contributed by atoms with E-state index in [1.54, 1.807) is 18.1 Å². The van der Waals surface area contributed by atoms with Crippen LogP contribution >= 0.6 is 11.6 Å². The number of hydrogen-bond donors (Lipinski definition) is 1. The van der Waals surface area contributed by atoms with Crippen molar-refractivity contribution in [2.45, 2.75) is 38.5 Å². The van der Waals surface area contributed by atoms with Gasteiger partial charge in [0.1, 0.15) is 0 Å². The highest BCUT2D eigenvalue weighted by Crippen LogP contribution is 2.49. The van der Waals surface area contributed by atoms with Gasteiger partial charge in [0.25, 0.3) is 0 Å². The van der Waals surface area contributed by atoms with E-state index in [4.69, 9.17) is 21.1 Å². The average molecular weight is 311 g/mol. The van der Waals surface area contributed by atoms with Gasteiger partial charge in [-0.25, -0.2) is 4.79 Å². The van der Waals surface area contributed by atoms with Gasteiger partial charge in [0.05, 0.1) is 13.2 Å². The molecule has 2 aliphatic heterocycles. The fourth-order valence-corrected chi connectivity index (χ4v) is 3.37. The molecule has 114 valence electrons. The lowest BCUT2D eigenvalue weighted by atomic mass is 9.90. The summed E-state index contributed by atoms with van der Waals surface area (Å²) in [6.45, 7) is 4.64. The van der Waals surface area contributed by atoms with E-state index in [2.05, 4.69) is 5.32 Å². The molecule has 2 heterocycles. The van der Waals surface area contributed by atoms with Crippen molar-refractivity contribution in [3.63, 3.8) is 0 Å². The van der Waals surface area contributed by atoms with E-state index in [1.165, 1.54) is 0 Å². The van der Waals surface area contributed by atoms with Crippen LogP contribution in [-0.2, 0) is 0 Å². The summed E-state index contributed by atoms with van der Waals surface area (Å²) in [6.07, 6.45) is 1.57. The fourth-order valence-electron chi connectivity index (χ4n) is 3.16. The minimum atomic E-state index is -0.656. The van der Waals surface area contributed by atoms with Crippen LogP contribution in [0, 0.1) is 0 Å². The number of benzene rings is 1. The summed E-state index contributed by atoms with van der Waals surface area (Å²) in [4.78, 5) is 14.1.